The molecule has 0 atom stereocenters. The van der Waals surface area contributed by atoms with Crippen LogP contribution < -0.4 is 0 Å². The molecule has 0 bridgehead atoms. The van der Waals surface area contributed by atoms with Crippen molar-refractivity contribution in [2.75, 3.05) is 5.75 Å². The molecular formula is C5H9S. The van der Waals surface area contributed by atoms with Gasteiger partial charge in [0, 0.05) is 5.75 Å². The van der Waals surface area contributed by atoms with Crippen LogP contribution in [0.1, 0.15) is 19.3 Å². The molecule has 1 radical (unpaired) electrons. The fourth-order valence-corrected chi connectivity index (χ4v) is 0.907. The topological polar surface area (TPSA) is 0 Å². The second-order valence-corrected chi connectivity index (χ2v) is 2.34. The Labute approximate surface area is 44.3 Å². The Kier molecular flexibility index (Phi) is 1.41. The Hall–Kier alpha value is 0.350. The van der Waals surface area contributed by atoms with E-state index in [0.29, 0.717) is 0 Å². The van der Waals surface area contributed by atoms with E-state index >= 15 is 0 Å². The second-order valence-electron chi connectivity index (χ2n) is 1.94. The molecule has 0 N–H and O–H groups in total. The van der Waals surface area contributed by atoms with Crippen LogP contribution in [-0.4, -0.2) is 5.75 Å². The molecule has 0 aliphatic heterocycles. The third-order valence-corrected chi connectivity index (χ3v) is 1.46. The lowest BCUT2D eigenvalue weighted by molar-refractivity contribution is 0.811. The average molecular weight is 101 g/mol. The molecule has 0 heterocycles. The lowest BCUT2D eigenvalue weighted by Gasteiger charge is -1.81. The summed E-state index contributed by atoms with van der Waals surface area (Å²) in [5.74, 6) is 2.02. The van der Waals surface area contributed by atoms with E-state index in [-0.39, 0.29) is 0 Å². The van der Waals surface area contributed by atoms with E-state index in [2.05, 4.69) is 0 Å². The first-order valence-corrected chi connectivity index (χ1v) is 3.09. The third kappa shape index (κ3) is 1.21. The molecule has 0 aromatic heterocycles. The molecule has 0 aromatic rings. The van der Waals surface area contributed by atoms with Gasteiger partial charge in [-0.05, 0) is 12.3 Å². The largest absolute Gasteiger partial charge is 0.0941 e. The fourth-order valence-electron chi connectivity index (χ4n) is 0.573. The van der Waals surface area contributed by atoms with E-state index in [1.165, 1.54) is 19.3 Å². The van der Waals surface area contributed by atoms with Gasteiger partial charge in [0.25, 0.3) is 0 Å². The Morgan fingerprint density at radius 2 is 2.17 bits per heavy atom. The lowest BCUT2D eigenvalue weighted by Crippen LogP contribution is -1.73. The van der Waals surface area contributed by atoms with Gasteiger partial charge < -0.3 is 0 Å². The van der Waals surface area contributed by atoms with Crippen molar-refractivity contribution in [1.82, 2.24) is 0 Å². The van der Waals surface area contributed by atoms with Crippen molar-refractivity contribution in [3.05, 3.63) is 0 Å². The standard InChI is InChI=1S/C5H9S/c6-4-3-5-1-2-5/h5H,1-4H2. The summed E-state index contributed by atoms with van der Waals surface area (Å²) in [6.45, 7) is 0. The van der Waals surface area contributed by atoms with Crippen LogP contribution in [-0.2, 0) is 0 Å². The maximum absolute atomic E-state index is 4.77. The van der Waals surface area contributed by atoms with E-state index < -0.39 is 0 Å². The van der Waals surface area contributed by atoms with Gasteiger partial charge >= 0.3 is 0 Å². The molecule has 0 aromatic carbocycles. The zero-order chi connectivity index (χ0) is 4.41. The zero-order valence-electron chi connectivity index (χ0n) is 3.81. The summed E-state index contributed by atoms with van der Waals surface area (Å²) < 4.78 is 0. The normalized spacial score (nSPS) is 21.5. The summed E-state index contributed by atoms with van der Waals surface area (Å²) in [4.78, 5) is 0. The van der Waals surface area contributed by atoms with Crippen molar-refractivity contribution in [1.29, 1.82) is 0 Å². The Balaban J connectivity index is 1.88. The Morgan fingerprint density at radius 3 is 2.33 bits per heavy atom. The van der Waals surface area contributed by atoms with Gasteiger partial charge in [-0.3, -0.25) is 0 Å². The molecule has 6 heavy (non-hydrogen) atoms. The predicted octanol–water partition coefficient (Wildman–Crippen LogP) is 1.98. The van der Waals surface area contributed by atoms with Crippen LogP contribution >= 0.6 is 12.6 Å². The van der Waals surface area contributed by atoms with Crippen LogP contribution in [0.2, 0.25) is 0 Å². The number of hydrogen-bond donors (Lipinski definition) is 0. The molecule has 0 amide bonds. The summed E-state index contributed by atoms with van der Waals surface area (Å²) >= 11 is 4.77. The minimum absolute atomic E-state index is 0.977. The maximum atomic E-state index is 4.77. The van der Waals surface area contributed by atoms with Crippen molar-refractivity contribution in [2.45, 2.75) is 19.3 Å². The highest BCUT2D eigenvalue weighted by Gasteiger charge is 2.19. The molecule has 0 saturated heterocycles. The smallest absolute Gasteiger partial charge is 0.00395 e. The molecule has 35 valence electrons. The van der Waals surface area contributed by atoms with Gasteiger partial charge in [-0.15, -0.1) is 0 Å². The summed E-state index contributed by atoms with van der Waals surface area (Å²) in [6, 6.07) is 0. The van der Waals surface area contributed by atoms with Gasteiger partial charge in [0.1, 0.15) is 0 Å². The Morgan fingerprint density at radius 1 is 1.50 bits per heavy atom. The first-order valence-electron chi connectivity index (χ1n) is 2.51. The molecule has 1 aliphatic rings. The van der Waals surface area contributed by atoms with Gasteiger partial charge in [-0.2, -0.15) is 0 Å². The van der Waals surface area contributed by atoms with Crippen LogP contribution in [0, 0.1) is 5.92 Å². The Bertz CT molecular complexity index is 39.2. The second kappa shape index (κ2) is 1.87. The maximum Gasteiger partial charge on any atom is 0.00395 e. The van der Waals surface area contributed by atoms with Crippen molar-refractivity contribution >= 4 is 12.6 Å². The SMILES string of the molecule is [S]CCC1CC1. The summed E-state index contributed by atoms with van der Waals surface area (Å²) in [7, 11) is 0. The molecule has 1 rings (SSSR count). The van der Waals surface area contributed by atoms with Crippen molar-refractivity contribution in [2.24, 2.45) is 5.92 Å². The van der Waals surface area contributed by atoms with Gasteiger partial charge in [-0.25, -0.2) is 0 Å². The van der Waals surface area contributed by atoms with Crippen molar-refractivity contribution < 1.29 is 0 Å². The fraction of sp³-hybridized carbons (Fsp3) is 1.00. The molecule has 1 aliphatic carbocycles. The van der Waals surface area contributed by atoms with Gasteiger partial charge in [-0.1, -0.05) is 25.5 Å². The van der Waals surface area contributed by atoms with Crippen LogP contribution in [0.25, 0.3) is 0 Å². The lowest BCUT2D eigenvalue weighted by atomic mass is 10.3. The third-order valence-electron chi connectivity index (χ3n) is 1.22. The molecule has 1 saturated carbocycles. The zero-order valence-corrected chi connectivity index (χ0v) is 4.63. The average Bonchev–Trinajstić information content (AvgIpc) is 2.21. The van der Waals surface area contributed by atoms with Crippen molar-refractivity contribution in [3.63, 3.8) is 0 Å². The van der Waals surface area contributed by atoms with Gasteiger partial charge in [0.05, 0.1) is 0 Å². The summed E-state index contributed by atoms with van der Waals surface area (Å²) in [5.41, 5.74) is 0. The molecule has 0 nitrogen and oxygen atoms in total. The first kappa shape index (κ1) is 4.51. The highest BCUT2D eigenvalue weighted by atomic mass is 32.1. The van der Waals surface area contributed by atoms with Gasteiger partial charge in [0.15, 0.2) is 0 Å². The van der Waals surface area contributed by atoms with Crippen molar-refractivity contribution in [3.8, 4) is 0 Å². The van der Waals surface area contributed by atoms with Crippen LogP contribution in [0.15, 0.2) is 0 Å². The van der Waals surface area contributed by atoms with Crippen LogP contribution in [0.4, 0.5) is 0 Å². The van der Waals surface area contributed by atoms with E-state index in [1.54, 1.807) is 0 Å². The minimum Gasteiger partial charge on any atom is -0.0941 e. The number of hydrogen-bond acceptors (Lipinski definition) is 0. The minimum atomic E-state index is 0.977. The molecule has 1 heteroatoms. The highest BCUT2D eigenvalue weighted by Crippen LogP contribution is 2.32. The van der Waals surface area contributed by atoms with Crippen LogP contribution in [0.3, 0.4) is 0 Å². The molecular weight excluding hydrogens is 92.1 g/mol. The van der Waals surface area contributed by atoms with E-state index in [4.69, 9.17) is 12.6 Å². The monoisotopic (exact) mass is 101 g/mol. The molecule has 0 spiro atoms. The summed E-state index contributed by atoms with van der Waals surface area (Å²) in [5, 5.41) is 0. The molecule has 1 fully saturated rings. The number of rotatable bonds is 2. The van der Waals surface area contributed by atoms with Crippen LogP contribution in [0.5, 0.6) is 0 Å². The summed E-state index contributed by atoms with van der Waals surface area (Å²) in [6.07, 6.45) is 4.21. The van der Waals surface area contributed by atoms with E-state index in [9.17, 15) is 0 Å². The van der Waals surface area contributed by atoms with E-state index in [0.717, 1.165) is 11.7 Å². The quantitative estimate of drug-likeness (QED) is 0.499. The van der Waals surface area contributed by atoms with Gasteiger partial charge in [0.2, 0.25) is 0 Å². The molecule has 0 unspecified atom stereocenters. The highest BCUT2D eigenvalue weighted by molar-refractivity contribution is 7.80. The predicted molar refractivity (Wildman–Crippen MR) is 29.8 cm³/mol. The van der Waals surface area contributed by atoms with E-state index in [1.807, 2.05) is 0 Å². The first-order chi connectivity index (χ1) is 2.93.